The van der Waals surface area contributed by atoms with E-state index in [0.717, 1.165) is 30.0 Å². The molecular formula is C20H25N5O4S2. The fourth-order valence-corrected chi connectivity index (χ4v) is 4.99. The third kappa shape index (κ3) is 4.99. The molecule has 2 aromatic heterocycles. The number of methoxy groups -OCH3 is 1. The van der Waals surface area contributed by atoms with Gasteiger partial charge in [-0.25, -0.2) is 4.79 Å². The number of aromatic nitrogens is 3. The molecule has 166 valence electrons. The molecule has 0 unspecified atom stereocenters. The van der Waals surface area contributed by atoms with E-state index in [2.05, 4.69) is 22.1 Å². The topological polar surface area (TPSA) is 106 Å². The Hall–Kier alpha value is -2.66. The minimum Gasteiger partial charge on any atom is -0.465 e. The van der Waals surface area contributed by atoms with Gasteiger partial charge in [0.25, 0.3) is 5.91 Å². The zero-order chi connectivity index (χ0) is 22.7. The summed E-state index contributed by atoms with van der Waals surface area (Å²) in [6.45, 7) is 6.03. The Bertz CT molecular complexity index is 1020. The van der Waals surface area contributed by atoms with Gasteiger partial charge in [0.05, 0.1) is 23.3 Å². The predicted molar refractivity (Wildman–Crippen MR) is 120 cm³/mol. The number of thiophene rings is 1. The van der Waals surface area contributed by atoms with Crippen molar-refractivity contribution in [2.24, 2.45) is 0 Å². The molecule has 1 saturated carbocycles. The Morgan fingerprint density at radius 3 is 2.65 bits per heavy atom. The largest absolute Gasteiger partial charge is 0.465 e. The number of carbonyl (C=O) groups is 3. The smallest absolute Gasteiger partial charge is 0.341 e. The maximum absolute atomic E-state index is 12.6. The third-order valence-corrected chi connectivity index (χ3v) is 6.88. The molecule has 0 bridgehead atoms. The van der Waals surface area contributed by atoms with Crippen molar-refractivity contribution < 1.29 is 19.1 Å². The van der Waals surface area contributed by atoms with Crippen molar-refractivity contribution in [1.29, 1.82) is 0 Å². The lowest BCUT2D eigenvalue weighted by Crippen LogP contribution is -2.21. The molecule has 0 atom stereocenters. The van der Waals surface area contributed by atoms with E-state index in [9.17, 15) is 14.4 Å². The molecular weight excluding hydrogens is 438 g/mol. The molecule has 1 aliphatic rings. The highest BCUT2D eigenvalue weighted by molar-refractivity contribution is 7.99. The van der Waals surface area contributed by atoms with Crippen molar-refractivity contribution in [1.82, 2.24) is 19.7 Å². The number of thioether (sulfide) groups is 1. The van der Waals surface area contributed by atoms with E-state index in [4.69, 9.17) is 4.74 Å². The number of nitrogens with zero attached hydrogens (tertiary/aromatic N) is 4. The zero-order valence-electron chi connectivity index (χ0n) is 17.9. The van der Waals surface area contributed by atoms with E-state index < -0.39 is 5.97 Å². The zero-order valence-corrected chi connectivity index (χ0v) is 19.6. The standard InChI is InChI=1S/C20H25N5O4S2/c1-6-9-25-16(12-7-8-12)22-23-20(25)30-10-13(26)21-17-14(19(28)29-5)11(2)15(31-17)18(27)24(3)4/h6,12H,1,7-10H2,2-5H3,(H,21,26). The van der Waals surface area contributed by atoms with Crippen LogP contribution in [0.4, 0.5) is 5.00 Å². The average Bonchev–Trinajstić information content (AvgIpc) is 3.43. The average molecular weight is 464 g/mol. The van der Waals surface area contributed by atoms with Crippen LogP contribution in [-0.4, -0.2) is 64.4 Å². The first-order valence-electron chi connectivity index (χ1n) is 9.68. The minimum atomic E-state index is -0.602. The molecule has 2 heterocycles. The summed E-state index contributed by atoms with van der Waals surface area (Å²) in [6.07, 6.45) is 3.98. The highest BCUT2D eigenvalue weighted by Crippen LogP contribution is 2.40. The van der Waals surface area contributed by atoms with Crippen molar-refractivity contribution >= 4 is 45.9 Å². The van der Waals surface area contributed by atoms with Gasteiger partial charge in [0, 0.05) is 26.6 Å². The third-order valence-electron chi connectivity index (χ3n) is 4.72. The van der Waals surface area contributed by atoms with E-state index in [1.807, 2.05) is 4.57 Å². The van der Waals surface area contributed by atoms with Gasteiger partial charge < -0.3 is 19.5 Å². The van der Waals surface area contributed by atoms with Crippen molar-refractivity contribution in [3.05, 3.63) is 34.5 Å². The SMILES string of the molecule is C=CCn1c(SCC(=O)Nc2sc(C(=O)N(C)C)c(C)c2C(=O)OC)nnc1C1CC1. The first-order chi connectivity index (χ1) is 14.8. The van der Waals surface area contributed by atoms with Crippen molar-refractivity contribution in [2.75, 3.05) is 32.3 Å². The number of nitrogens with one attached hydrogen (secondary N) is 1. The molecule has 11 heteroatoms. The van der Waals surface area contributed by atoms with Gasteiger partial charge >= 0.3 is 5.97 Å². The van der Waals surface area contributed by atoms with Crippen LogP contribution in [0.15, 0.2) is 17.8 Å². The highest BCUT2D eigenvalue weighted by atomic mass is 32.2. The second-order valence-corrected chi connectivity index (χ2v) is 9.27. The lowest BCUT2D eigenvalue weighted by molar-refractivity contribution is -0.113. The van der Waals surface area contributed by atoms with Gasteiger partial charge in [-0.05, 0) is 25.3 Å². The van der Waals surface area contributed by atoms with Gasteiger partial charge in [-0.2, -0.15) is 0 Å². The van der Waals surface area contributed by atoms with E-state index in [0.29, 0.717) is 33.1 Å². The Morgan fingerprint density at radius 1 is 1.35 bits per heavy atom. The molecule has 2 aromatic rings. The molecule has 1 N–H and O–H groups in total. The van der Waals surface area contributed by atoms with Crippen LogP contribution in [0.2, 0.25) is 0 Å². The molecule has 9 nitrogen and oxygen atoms in total. The van der Waals surface area contributed by atoms with E-state index >= 15 is 0 Å². The maximum Gasteiger partial charge on any atom is 0.341 e. The lowest BCUT2D eigenvalue weighted by atomic mass is 10.1. The molecule has 0 aromatic carbocycles. The monoisotopic (exact) mass is 463 g/mol. The van der Waals surface area contributed by atoms with E-state index in [-0.39, 0.29) is 23.1 Å². The van der Waals surface area contributed by atoms with Gasteiger partial charge in [-0.15, -0.1) is 28.1 Å². The molecule has 2 amide bonds. The summed E-state index contributed by atoms with van der Waals surface area (Å²) >= 11 is 2.33. The summed E-state index contributed by atoms with van der Waals surface area (Å²) in [5.74, 6) is 0.272. The van der Waals surface area contributed by atoms with Gasteiger partial charge in [0.15, 0.2) is 5.16 Å². The van der Waals surface area contributed by atoms with Crippen molar-refractivity contribution in [2.45, 2.75) is 37.4 Å². The molecule has 1 aliphatic carbocycles. The summed E-state index contributed by atoms with van der Waals surface area (Å²) < 4.78 is 6.83. The van der Waals surface area contributed by atoms with Gasteiger partial charge in [0.2, 0.25) is 5.91 Å². The van der Waals surface area contributed by atoms with Crippen molar-refractivity contribution in [3.63, 3.8) is 0 Å². The number of esters is 1. The molecule has 1 fully saturated rings. The Kier molecular flexibility index (Phi) is 7.16. The first-order valence-corrected chi connectivity index (χ1v) is 11.5. The summed E-state index contributed by atoms with van der Waals surface area (Å²) in [4.78, 5) is 39.2. The van der Waals surface area contributed by atoms with Crippen molar-refractivity contribution in [3.8, 4) is 0 Å². The van der Waals surface area contributed by atoms with Crippen LogP contribution in [0.1, 0.15) is 50.2 Å². The summed E-state index contributed by atoms with van der Waals surface area (Å²) in [5.41, 5.74) is 0.681. The molecule has 0 radical (unpaired) electrons. The van der Waals surface area contributed by atoms with Crippen LogP contribution in [0, 0.1) is 6.92 Å². The van der Waals surface area contributed by atoms with E-state index in [1.54, 1.807) is 27.1 Å². The lowest BCUT2D eigenvalue weighted by Gasteiger charge is -2.08. The summed E-state index contributed by atoms with van der Waals surface area (Å²) in [7, 11) is 4.52. The maximum atomic E-state index is 12.6. The molecule has 3 rings (SSSR count). The van der Waals surface area contributed by atoms with Gasteiger partial charge in [0.1, 0.15) is 10.8 Å². The number of hydrogen-bond acceptors (Lipinski definition) is 8. The van der Waals surface area contributed by atoms with Crippen LogP contribution in [-0.2, 0) is 16.1 Å². The minimum absolute atomic E-state index is 0.0778. The fourth-order valence-electron chi connectivity index (χ4n) is 3.00. The number of carbonyl (C=O) groups excluding carboxylic acids is 3. The quantitative estimate of drug-likeness (QED) is 0.346. The van der Waals surface area contributed by atoms with Crippen LogP contribution in [0.5, 0.6) is 0 Å². The predicted octanol–water partition coefficient (Wildman–Crippen LogP) is 2.93. The van der Waals surface area contributed by atoms with Crippen LogP contribution >= 0.6 is 23.1 Å². The number of allylic oxidation sites excluding steroid dienone is 1. The van der Waals surface area contributed by atoms with Gasteiger partial charge in [-0.1, -0.05) is 17.8 Å². The fraction of sp³-hybridized carbons (Fsp3) is 0.450. The summed E-state index contributed by atoms with van der Waals surface area (Å²) in [5, 5.41) is 12.2. The Balaban J connectivity index is 1.76. The normalized spacial score (nSPS) is 13.0. The van der Waals surface area contributed by atoms with E-state index in [1.165, 1.54) is 23.8 Å². The second-order valence-electron chi connectivity index (χ2n) is 7.30. The van der Waals surface area contributed by atoms with Gasteiger partial charge in [-0.3, -0.25) is 9.59 Å². The molecule has 0 spiro atoms. The van der Waals surface area contributed by atoms with Crippen LogP contribution < -0.4 is 5.32 Å². The Labute approximate surface area is 188 Å². The number of amides is 2. The summed E-state index contributed by atoms with van der Waals surface area (Å²) in [6, 6.07) is 0. The van der Waals surface area contributed by atoms with Crippen LogP contribution in [0.3, 0.4) is 0 Å². The second kappa shape index (κ2) is 9.65. The molecule has 31 heavy (non-hydrogen) atoms. The number of hydrogen-bond donors (Lipinski definition) is 1. The first kappa shape index (κ1) is 23.0. The molecule has 0 saturated heterocycles. The molecule has 0 aliphatic heterocycles. The number of rotatable bonds is 9. The number of anilines is 1. The number of ether oxygens (including phenoxy) is 1. The Morgan fingerprint density at radius 2 is 2.06 bits per heavy atom. The highest BCUT2D eigenvalue weighted by Gasteiger charge is 2.30. The van der Waals surface area contributed by atoms with Crippen LogP contribution in [0.25, 0.3) is 0 Å².